The number of carboxylic acid groups (broad SMARTS) is 1. The zero-order valence-electron chi connectivity index (χ0n) is 12.0. The highest BCUT2D eigenvalue weighted by atomic mass is 32.2. The highest BCUT2D eigenvalue weighted by molar-refractivity contribution is 7.98. The van der Waals surface area contributed by atoms with Gasteiger partial charge >= 0.3 is 5.97 Å². The molecule has 0 saturated carbocycles. The first-order valence-electron chi connectivity index (χ1n) is 6.41. The highest BCUT2D eigenvalue weighted by Crippen LogP contribution is 2.03. The number of aliphatic hydroxyl groups excluding tert-OH is 1. The maximum atomic E-state index is 11.9. The number of sulfonamides is 1. The molecule has 0 aliphatic heterocycles. The third-order valence-electron chi connectivity index (χ3n) is 2.63. The Morgan fingerprint density at radius 1 is 1.29 bits per heavy atom. The smallest absolute Gasteiger partial charge is 0.332 e. The Morgan fingerprint density at radius 3 is 2.38 bits per heavy atom. The SMILES string of the molecule is CCS(=O)(=O)NC(CCSC)C(=O)NCCC(O)C(=O)O. The maximum absolute atomic E-state index is 11.9. The molecule has 124 valence electrons. The quantitative estimate of drug-likeness (QED) is 0.378. The molecule has 0 heterocycles. The summed E-state index contributed by atoms with van der Waals surface area (Å²) < 4.78 is 25.4. The Bertz CT molecular complexity index is 440. The molecule has 1 amide bonds. The van der Waals surface area contributed by atoms with Crippen molar-refractivity contribution in [1.29, 1.82) is 0 Å². The molecule has 0 radical (unpaired) electrons. The number of rotatable bonds is 11. The van der Waals surface area contributed by atoms with Gasteiger partial charge in [-0.05, 0) is 25.4 Å². The zero-order valence-corrected chi connectivity index (χ0v) is 13.7. The largest absolute Gasteiger partial charge is 0.479 e. The van der Waals surface area contributed by atoms with E-state index in [0.717, 1.165) is 0 Å². The van der Waals surface area contributed by atoms with Crippen molar-refractivity contribution < 1.29 is 28.2 Å². The Hall–Kier alpha value is -0.840. The van der Waals surface area contributed by atoms with Gasteiger partial charge in [0.2, 0.25) is 15.9 Å². The summed E-state index contributed by atoms with van der Waals surface area (Å²) in [6.45, 7) is 1.42. The Balaban J connectivity index is 4.48. The first-order chi connectivity index (χ1) is 9.73. The number of hydrogen-bond donors (Lipinski definition) is 4. The zero-order chi connectivity index (χ0) is 16.5. The van der Waals surface area contributed by atoms with E-state index in [0.29, 0.717) is 12.2 Å². The van der Waals surface area contributed by atoms with E-state index in [2.05, 4.69) is 10.0 Å². The van der Waals surface area contributed by atoms with Crippen LogP contribution in [-0.4, -0.2) is 67.0 Å². The molecule has 0 rings (SSSR count). The first kappa shape index (κ1) is 20.2. The van der Waals surface area contributed by atoms with Gasteiger partial charge in [0.25, 0.3) is 0 Å². The van der Waals surface area contributed by atoms with Gasteiger partial charge in [-0.15, -0.1) is 0 Å². The van der Waals surface area contributed by atoms with E-state index in [1.54, 1.807) is 0 Å². The summed E-state index contributed by atoms with van der Waals surface area (Å²) in [5.41, 5.74) is 0. The van der Waals surface area contributed by atoms with E-state index in [-0.39, 0.29) is 18.7 Å². The van der Waals surface area contributed by atoms with Crippen LogP contribution < -0.4 is 10.0 Å². The van der Waals surface area contributed by atoms with Gasteiger partial charge in [-0.2, -0.15) is 11.8 Å². The molecule has 8 nitrogen and oxygen atoms in total. The van der Waals surface area contributed by atoms with Crippen LogP contribution in [0.15, 0.2) is 0 Å². The standard InChI is InChI=1S/C11H22N2O6S2/c1-3-21(18,19)13-8(5-7-20-2)10(15)12-6-4-9(14)11(16)17/h8-9,13-14H,3-7H2,1-2H3,(H,12,15)(H,16,17). The Morgan fingerprint density at radius 2 is 1.90 bits per heavy atom. The number of thioether (sulfide) groups is 1. The molecule has 0 aromatic carbocycles. The molecule has 2 atom stereocenters. The molecular formula is C11H22N2O6S2. The van der Waals surface area contributed by atoms with Crippen molar-refractivity contribution in [2.24, 2.45) is 0 Å². The van der Waals surface area contributed by atoms with Crippen molar-refractivity contribution in [1.82, 2.24) is 10.0 Å². The Kier molecular flexibility index (Phi) is 9.58. The fraction of sp³-hybridized carbons (Fsp3) is 0.818. The predicted molar refractivity (Wildman–Crippen MR) is 80.7 cm³/mol. The lowest BCUT2D eigenvalue weighted by atomic mass is 10.2. The summed E-state index contributed by atoms with van der Waals surface area (Å²) in [6, 6.07) is -0.899. The number of aliphatic hydroxyl groups is 1. The average Bonchev–Trinajstić information content (AvgIpc) is 2.42. The molecule has 0 aliphatic carbocycles. The van der Waals surface area contributed by atoms with E-state index in [9.17, 15) is 18.0 Å². The number of nitrogens with one attached hydrogen (secondary N) is 2. The van der Waals surface area contributed by atoms with Crippen LogP contribution in [0.1, 0.15) is 19.8 Å². The number of aliphatic carboxylic acids is 1. The molecule has 0 bridgehead atoms. The predicted octanol–water partition coefficient (Wildman–Crippen LogP) is -1.00. The van der Waals surface area contributed by atoms with Crippen LogP contribution in [0.25, 0.3) is 0 Å². The second-order valence-corrected chi connectivity index (χ2v) is 7.32. The molecule has 0 aromatic heterocycles. The molecule has 0 saturated heterocycles. The van der Waals surface area contributed by atoms with Crippen LogP contribution in [0.2, 0.25) is 0 Å². The van der Waals surface area contributed by atoms with Crippen molar-refractivity contribution in [2.45, 2.75) is 31.9 Å². The van der Waals surface area contributed by atoms with E-state index >= 15 is 0 Å². The first-order valence-corrected chi connectivity index (χ1v) is 9.45. The van der Waals surface area contributed by atoms with Crippen LogP contribution in [0.5, 0.6) is 0 Å². The topological polar surface area (TPSA) is 133 Å². The second-order valence-electron chi connectivity index (χ2n) is 4.29. The van der Waals surface area contributed by atoms with Crippen LogP contribution >= 0.6 is 11.8 Å². The third kappa shape index (κ3) is 8.91. The number of amides is 1. The molecule has 0 aliphatic rings. The highest BCUT2D eigenvalue weighted by Gasteiger charge is 2.23. The summed E-state index contributed by atoms with van der Waals surface area (Å²) in [4.78, 5) is 22.3. The number of hydrogen-bond acceptors (Lipinski definition) is 6. The van der Waals surface area contributed by atoms with E-state index in [1.165, 1.54) is 18.7 Å². The Labute approximate surface area is 128 Å². The van der Waals surface area contributed by atoms with Crippen molar-refractivity contribution >= 4 is 33.7 Å². The van der Waals surface area contributed by atoms with Crippen LogP contribution in [0.3, 0.4) is 0 Å². The van der Waals surface area contributed by atoms with Gasteiger partial charge in [0.1, 0.15) is 6.04 Å². The van der Waals surface area contributed by atoms with Gasteiger partial charge in [-0.1, -0.05) is 0 Å². The fourth-order valence-electron chi connectivity index (χ4n) is 1.36. The maximum Gasteiger partial charge on any atom is 0.332 e. The fourth-order valence-corrected chi connectivity index (χ4v) is 2.65. The van der Waals surface area contributed by atoms with E-state index < -0.39 is 34.0 Å². The lowest BCUT2D eigenvalue weighted by Gasteiger charge is -2.18. The minimum atomic E-state index is -3.51. The molecule has 21 heavy (non-hydrogen) atoms. The summed E-state index contributed by atoms with van der Waals surface area (Å²) in [7, 11) is -3.51. The summed E-state index contributed by atoms with van der Waals surface area (Å²) in [5.74, 6) is -1.43. The average molecular weight is 342 g/mol. The van der Waals surface area contributed by atoms with Gasteiger partial charge < -0.3 is 15.5 Å². The molecular weight excluding hydrogens is 320 g/mol. The van der Waals surface area contributed by atoms with Gasteiger partial charge in [0.15, 0.2) is 6.10 Å². The van der Waals surface area contributed by atoms with Crippen LogP contribution in [0.4, 0.5) is 0 Å². The van der Waals surface area contributed by atoms with Crippen LogP contribution in [-0.2, 0) is 19.6 Å². The molecule has 0 aromatic rings. The van der Waals surface area contributed by atoms with E-state index in [1.807, 2.05) is 6.26 Å². The molecule has 4 N–H and O–H groups in total. The number of carboxylic acids is 1. The molecule has 0 fully saturated rings. The number of carbonyl (C=O) groups excluding carboxylic acids is 1. The number of carbonyl (C=O) groups is 2. The second kappa shape index (κ2) is 9.98. The van der Waals surface area contributed by atoms with Gasteiger partial charge in [-0.25, -0.2) is 17.9 Å². The molecule has 0 spiro atoms. The van der Waals surface area contributed by atoms with Crippen LogP contribution in [0, 0.1) is 0 Å². The van der Waals surface area contributed by atoms with Crippen molar-refractivity contribution in [3.63, 3.8) is 0 Å². The lowest BCUT2D eigenvalue weighted by molar-refractivity contribution is -0.147. The van der Waals surface area contributed by atoms with Gasteiger partial charge in [0.05, 0.1) is 5.75 Å². The van der Waals surface area contributed by atoms with Gasteiger partial charge in [0, 0.05) is 13.0 Å². The summed E-state index contributed by atoms with van der Waals surface area (Å²) in [6.07, 6.45) is 0.471. The summed E-state index contributed by atoms with van der Waals surface area (Å²) >= 11 is 1.48. The minimum absolute atomic E-state index is 0.0457. The minimum Gasteiger partial charge on any atom is -0.479 e. The molecule has 10 heteroatoms. The normalized spacial score (nSPS) is 14.4. The van der Waals surface area contributed by atoms with Crippen molar-refractivity contribution in [3.8, 4) is 0 Å². The van der Waals surface area contributed by atoms with Gasteiger partial charge in [-0.3, -0.25) is 4.79 Å². The van der Waals surface area contributed by atoms with Crippen molar-refractivity contribution in [3.05, 3.63) is 0 Å². The van der Waals surface area contributed by atoms with Crippen molar-refractivity contribution in [2.75, 3.05) is 24.3 Å². The lowest BCUT2D eigenvalue weighted by Crippen LogP contribution is -2.48. The third-order valence-corrected chi connectivity index (χ3v) is 4.68. The molecule has 2 unspecified atom stereocenters. The monoisotopic (exact) mass is 342 g/mol. The summed E-state index contributed by atoms with van der Waals surface area (Å²) in [5, 5.41) is 20.0. The van der Waals surface area contributed by atoms with E-state index in [4.69, 9.17) is 10.2 Å².